The van der Waals surface area contributed by atoms with Gasteiger partial charge in [-0.2, -0.15) is 0 Å². The van der Waals surface area contributed by atoms with Crippen molar-refractivity contribution in [1.29, 1.82) is 0 Å². The zero-order valence-corrected chi connectivity index (χ0v) is 5.86. The highest BCUT2D eigenvalue weighted by atomic mass is 35.5. The Morgan fingerprint density at radius 3 is 2.75 bits per heavy atom. The van der Waals surface area contributed by atoms with Crippen LogP contribution in [0, 0.1) is 5.92 Å². The largest absolute Gasteiger partial charge is 0.103 e. The van der Waals surface area contributed by atoms with Gasteiger partial charge in [0.15, 0.2) is 0 Å². The second-order valence-corrected chi connectivity index (χ2v) is 2.06. The van der Waals surface area contributed by atoms with E-state index >= 15 is 0 Å². The van der Waals surface area contributed by atoms with E-state index in [2.05, 4.69) is 13.5 Å². The van der Waals surface area contributed by atoms with Gasteiger partial charge in [0.1, 0.15) is 0 Å². The van der Waals surface area contributed by atoms with Crippen LogP contribution in [0.25, 0.3) is 0 Å². The minimum Gasteiger partial charge on any atom is -0.103 e. The third kappa shape index (κ3) is 3.94. The molecule has 0 aliphatic carbocycles. The molecule has 0 nitrogen and oxygen atoms in total. The fraction of sp³-hybridized carbons (Fsp3) is 0.429. The van der Waals surface area contributed by atoms with E-state index in [0.717, 1.165) is 6.42 Å². The lowest BCUT2D eigenvalue weighted by atomic mass is 10.1. The summed E-state index contributed by atoms with van der Waals surface area (Å²) in [6.45, 7) is 5.74. The Kier molecular flexibility index (Phi) is 4.78. The van der Waals surface area contributed by atoms with Crippen LogP contribution in [0.1, 0.15) is 13.3 Å². The fourth-order valence-corrected chi connectivity index (χ4v) is 0.465. The van der Waals surface area contributed by atoms with Gasteiger partial charge in [0.25, 0.3) is 0 Å². The Bertz CT molecular complexity index is 84.4. The van der Waals surface area contributed by atoms with Crippen LogP contribution < -0.4 is 0 Å². The molecular formula is C7H11Cl. The van der Waals surface area contributed by atoms with Crippen molar-refractivity contribution in [3.05, 3.63) is 24.3 Å². The highest BCUT2D eigenvalue weighted by Gasteiger charge is 1.87. The predicted molar refractivity (Wildman–Crippen MR) is 39.0 cm³/mol. The Morgan fingerprint density at radius 1 is 1.75 bits per heavy atom. The molecule has 1 heteroatoms. The summed E-state index contributed by atoms with van der Waals surface area (Å²) in [5.74, 6) is 0.546. The summed E-state index contributed by atoms with van der Waals surface area (Å²) in [7, 11) is 0. The molecule has 0 spiro atoms. The van der Waals surface area contributed by atoms with Crippen LogP contribution in [-0.4, -0.2) is 0 Å². The second-order valence-electron chi connectivity index (χ2n) is 1.81. The topological polar surface area (TPSA) is 0 Å². The van der Waals surface area contributed by atoms with Gasteiger partial charge in [-0.15, -0.1) is 6.58 Å². The summed E-state index contributed by atoms with van der Waals surface area (Å²) in [6, 6.07) is 0. The molecule has 0 amide bonds. The van der Waals surface area contributed by atoms with Crippen molar-refractivity contribution in [1.82, 2.24) is 0 Å². The lowest BCUT2D eigenvalue weighted by Gasteiger charge is -1.96. The van der Waals surface area contributed by atoms with Crippen molar-refractivity contribution in [3.63, 3.8) is 0 Å². The van der Waals surface area contributed by atoms with Gasteiger partial charge in [-0.25, -0.2) is 0 Å². The van der Waals surface area contributed by atoms with E-state index < -0.39 is 0 Å². The van der Waals surface area contributed by atoms with Crippen LogP contribution in [0.2, 0.25) is 0 Å². The molecule has 46 valence electrons. The molecule has 0 N–H and O–H groups in total. The van der Waals surface area contributed by atoms with Crippen molar-refractivity contribution < 1.29 is 0 Å². The Morgan fingerprint density at radius 2 is 2.38 bits per heavy atom. The van der Waals surface area contributed by atoms with Gasteiger partial charge < -0.3 is 0 Å². The molecule has 1 unspecified atom stereocenters. The first-order chi connectivity index (χ1) is 3.81. The number of allylic oxidation sites excluding steroid dienone is 2. The van der Waals surface area contributed by atoms with E-state index in [4.69, 9.17) is 11.6 Å². The number of halogens is 1. The van der Waals surface area contributed by atoms with Gasteiger partial charge in [0.05, 0.1) is 0 Å². The minimum absolute atomic E-state index is 0.546. The molecule has 0 aromatic carbocycles. The van der Waals surface area contributed by atoms with Gasteiger partial charge in [-0.05, 0) is 12.3 Å². The van der Waals surface area contributed by atoms with Crippen molar-refractivity contribution in [2.24, 2.45) is 5.92 Å². The Labute approximate surface area is 55.9 Å². The lowest BCUT2D eigenvalue weighted by molar-refractivity contribution is 0.747. The Balaban J connectivity index is 3.23. The van der Waals surface area contributed by atoms with Gasteiger partial charge in [0, 0.05) is 5.54 Å². The zero-order valence-electron chi connectivity index (χ0n) is 5.10. The molecule has 0 heterocycles. The van der Waals surface area contributed by atoms with Gasteiger partial charge in [-0.1, -0.05) is 30.7 Å². The number of hydrogen-bond acceptors (Lipinski definition) is 0. The Hall–Kier alpha value is -0.230. The molecule has 0 aromatic heterocycles. The summed E-state index contributed by atoms with van der Waals surface area (Å²) < 4.78 is 0. The molecule has 0 aliphatic heterocycles. The van der Waals surface area contributed by atoms with Crippen molar-refractivity contribution in [2.45, 2.75) is 13.3 Å². The molecule has 0 rings (SSSR count). The first-order valence-electron chi connectivity index (χ1n) is 2.69. The highest BCUT2D eigenvalue weighted by molar-refractivity contribution is 6.25. The van der Waals surface area contributed by atoms with E-state index in [1.807, 2.05) is 12.2 Å². The second kappa shape index (κ2) is 4.92. The van der Waals surface area contributed by atoms with Crippen molar-refractivity contribution in [2.75, 3.05) is 0 Å². The maximum absolute atomic E-state index is 5.29. The highest BCUT2D eigenvalue weighted by Crippen LogP contribution is 2.02. The van der Waals surface area contributed by atoms with Crippen LogP contribution in [0.5, 0.6) is 0 Å². The number of hydrogen-bond donors (Lipinski definition) is 0. The average molecular weight is 131 g/mol. The normalized spacial score (nSPS) is 14.2. The monoisotopic (exact) mass is 130 g/mol. The molecule has 0 bridgehead atoms. The zero-order chi connectivity index (χ0) is 6.41. The van der Waals surface area contributed by atoms with Crippen LogP contribution >= 0.6 is 11.6 Å². The smallest absolute Gasteiger partial charge is 0.000267 e. The molecule has 8 heavy (non-hydrogen) atoms. The van der Waals surface area contributed by atoms with Crippen molar-refractivity contribution in [3.8, 4) is 0 Å². The maximum Gasteiger partial charge on any atom is 0.000267 e. The molecule has 0 radical (unpaired) electrons. The van der Waals surface area contributed by atoms with E-state index in [9.17, 15) is 0 Å². The average Bonchev–Trinajstić information content (AvgIpc) is 1.83. The molecule has 0 aromatic rings. The standard InChI is InChI=1S/C7H11Cl/c1-3-7(2)5-4-6-8/h3-4,6-7H,1,5H2,2H3/b6-4+. The van der Waals surface area contributed by atoms with E-state index in [1.165, 1.54) is 0 Å². The quantitative estimate of drug-likeness (QED) is 0.516. The van der Waals surface area contributed by atoms with E-state index in [1.54, 1.807) is 5.54 Å². The molecule has 0 aliphatic rings. The fourth-order valence-electron chi connectivity index (χ4n) is 0.362. The molecule has 0 fully saturated rings. The molecule has 1 atom stereocenters. The van der Waals surface area contributed by atoms with Crippen LogP contribution in [0.4, 0.5) is 0 Å². The summed E-state index contributed by atoms with van der Waals surface area (Å²) in [5, 5.41) is 0. The molecule has 0 saturated carbocycles. The summed E-state index contributed by atoms with van der Waals surface area (Å²) in [6.07, 6.45) is 4.83. The first kappa shape index (κ1) is 7.77. The molecular weight excluding hydrogens is 120 g/mol. The van der Waals surface area contributed by atoms with Crippen LogP contribution in [0.15, 0.2) is 24.3 Å². The lowest BCUT2D eigenvalue weighted by Crippen LogP contribution is -1.82. The van der Waals surface area contributed by atoms with Gasteiger partial charge >= 0.3 is 0 Å². The molecule has 0 saturated heterocycles. The third-order valence-corrected chi connectivity index (χ3v) is 1.18. The summed E-state index contributed by atoms with van der Waals surface area (Å²) in [4.78, 5) is 0. The third-order valence-electron chi connectivity index (χ3n) is 0.999. The minimum atomic E-state index is 0.546. The SMILES string of the molecule is C=CC(C)C/C=C/Cl. The van der Waals surface area contributed by atoms with Crippen LogP contribution in [-0.2, 0) is 0 Å². The van der Waals surface area contributed by atoms with E-state index in [0.29, 0.717) is 5.92 Å². The summed E-state index contributed by atoms with van der Waals surface area (Å²) >= 11 is 5.29. The van der Waals surface area contributed by atoms with Crippen molar-refractivity contribution >= 4 is 11.6 Å². The first-order valence-corrected chi connectivity index (χ1v) is 3.12. The van der Waals surface area contributed by atoms with Gasteiger partial charge in [0.2, 0.25) is 0 Å². The summed E-state index contributed by atoms with van der Waals surface area (Å²) in [5.41, 5.74) is 1.54. The van der Waals surface area contributed by atoms with E-state index in [-0.39, 0.29) is 0 Å². The number of rotatable bonds is 3. The van der Waals surface area contributed by atoms with Gasteiger partial charge in [-0.3, -0.25) is 0 Å². The predicted octanol–water partition coefficient (Wildman–Crippen LogP) is 2.95. The maximum atomic E-state index is 5.29. The van der Waals surface area contributed by atoms with Crippen LogP contribution in [0.3, 0.4) is 0 Å².